The third-order valence-corrected chi connectivity index (χ3v) is 4.26. The molecule has 2 aromatic carbocycles. The largest absolute Gasteiger partial charge is 0.288 e. The topological polar surface area (TPSA) is 56.1 Å². The quantitative estimate of drug-likeness (QED) is 0.539. The van der Waals surface area contributed by atoms with Crippen LogP contribution in [0.5, 0.6) is 0 Å². The van der Waals surface area contributed by atoms with Gasteiger partial charge in [0.25, 0.3) is 0 Å². The standard InChI is InChI=1S/C20H13NO3/c1-12(22)21-17(13-7-3-2-4-8-13)11-16-18(21)20(24)15-10-6-5-9-14(15)19(16)23/h2-11H,1H3. The van der Waals surface area contributed by atoms with Crippen molar-refractivity contribution in [3.63, 3.8) is 0 Å². The fraction of sp³-hybridized carbons (Fsp3) is 0.0500. The molecular formula is C20H13NO3. The van der Waals surface area contributed by atoms with Crippen LogP contribution >= 0.6 is 0 Å². The van der Waals surface area contributed by atoms with Crippen molar-refractivity contribution >= 4 is 17.5 Å². The first-order valence-corrected chi connectivity index (χ1v) is 7.60. The van der Waals surface area contributed by atoms with Gasteiger partial charge in [-0.15, -0.1) is 0 Å². The maximum absolute atomic E-state index is 12.9. The summed E-state index contributed by atoms with van der Waals surface area (Å²) in [5.41, 5.74) is 2.51. The average molecular weight is 315 g/mol. The van der Waals surface area contributed by atoms with E-state index in [0.29, 0.717) is 16.8 Å². The Balaban J connectivity index is 2.05. The van der Waals surface area contributed by atoms with Crippen LogP contribution < -0.4 is 0 Å². The van der Waals surface area contributed by atoms with E-state index in [4.69, 9.17) is 0 Å². The summed E-state index contributed by atoms with van der Waals surface area (Å²) < 4.78 is 1.35. The molecule has 0 fully saturated rings. The van der Waals surface area contributed by atoms with E-state index in [1.54, 1.807) is 30.3 Å². The minimum atomic E-state index is -0.296. The molecule has 0 spiro atoms. The first-order valence-electron chi connectivity index (χ1n) is 7.60. The molecule has 0 bridgehead atoms. The number of nitrogens with zero attached hydrogens (tertiary/aromatic N) is 1. The van der Waals surface area contributed by atoms with E-state index in [1.807, 2.05) is 30.3 Å². The summed E-state index contributed by atoms with van der Waals surface area (Å²) in [6, 6.07) is 17.6. The maximum Gasteiger partial charge on any atom is 0.228 e. The number of carbonyl (C=O) groups is 3. The second kappa shape index (κ2) is 5.13. The molecular weight excluding hydrogens is 302 g/mol. The summed E-state index contributed by atoms with van der Waals surface area (Å²) >= 11 is 0. The second-order valence-electron chi connectivity index (χ2n) is 5.72. The van der Waals surface area contributed by atoms with Crippen molar-refractivity contribution in [2.24, 2.45) is 0 Å². The minimum Gasteiger partial charge on any atom is -0.288 e. The molecule has 4 nitrogen and oxygen atoms in total. The Morgan fingerprint density at radius 2 is 1.38 bits per heavy atom. The molecule has 4 heteroatoms. The van der Waals surface area contributed by atoms with Crippen LogP contribution in [0.2, 0.25) is 0 Å². The predicted molar refractivity (Wildman–Crippen MR) is 89.5 cm³/mol. The molecule has 3 aromatic rings. The molecule has 1 aliphatic rings. The van der Waals surface area contributed by atoms with Gasteiger partial charge < -0.3 is 0 Å². The van der Waals surface area contributed by atoms with Crippen LogP contribution in [-0.4, -0.2) is 22.0 Å². The second-order valence-corrected chi connectivity index (χ2v) is 5.72. The van der Waals surface area contributed by atoms with E-state index < -0.39 is 0 Å². The highest BCUT2D eigenvalue weighted by Gasteiger charge is 2.35. The third-order valence-electron chi connectivity index (χ3n) is 4.26. The number of rotatable bonds is 1. The molecule has 0 unspecified atom stereocenters. The molecule has 0 saturated heterocycles. The molecule has 116 valence electrons. The molecule has 24 heavy (non-hydrogen) atoms. The summed E-state index contributed by atoms with van der Waals surface area (Å²) in [4.78, 5) is 37.9. The van der Waals surface area contributed by atoms with Gasteiger partial charge in [0.1, 0.15) is 5.69 Å². The molecule has 0 aliphatic heterocycles. The summed E-state index contributed by atoms with van der Waals surface area (Å²) in [5, 5.41) is 0. The summed E-state index contributed by atoms with van der Waals surface area (Å²) in [7, 11) is 0. The predicted octanol–water partition coefficient (Wildman–Crippen LogP) is 3.59. The lowest BCUT2D eigenvalue weighted by Gasteiger charge is -2.16. The van der Waals surface area contributed by atoms with Gasteiger partial charge >= 0.3 is 0 Å². The Kier molecular flexibility index (Phi) is 3.06. The zero-order chi connectivity index (χ0) is 16.8. The first-order chi connectivity index (χ1) is 11.6. The number of carbonyl (C=O) groups excluding carboxylic acids is 3. The zero-order valence-electron chi connectivity index (χ0n) is 12.9. The number of fused-ring (bicyclic) bond motifs is 2. The van der Waals surface area contributed by atoms with Gasteiger partial charge in [-0.3, -0.25) is 19.0 Å². The third kappa shape index (κ3) is 1.90. The van der Waals surface area contributed by atoms with Crippen molar-refractivity contribution in [3.05, 3.63) is 83.0 Å². The molecule has 1 aliphatic carbocycles. The highest BCUT2D eigenvalue weighted by atomic mass is 16.2. The molecule has 1 heterocycles. The van der Waals surface area contributed by atoms with Gasteiger partial charge in [0.15, 0.2) is 5.78 Å². The zero-order valence-corrected chi connectivity index (χ0v) is 12.9. The molecule has 0 N–H and O–H groups in total. The lowest BCUT2D eigenvalue weighted by atomic mass is 9.88. The van der Waals surface area contributed by atoms with Gasteiger partial charge in [-0.2, -0.15) is 0 Å². The van der Waals surface area contributed by atoms with Crippen LogP contribution in [0.3, 0.4) is 0 Å². The van der Waals surface area contributed by atoms with Crippen LogP contribution in [0, 0.1) is 0 Å². The van der Waals surface area contributed by atoms with E-state index in [0.717, 1.165) is 5.56 Å². The number of hydrogen-bond donors (Lipinski definition) is 0. The lowest BCUT2D eigenvalue weighted by molar-refractivity contribution is 0.0910. The van der Waals surface area contributed by atoms with Crippen LogP contribution in [0.25, 0.3) is 11.3 Å². The SMILES string of the molecule is CC(=O)n1c(-c2ccccc2)cc2c1C(=O)c1ccccc1C2=O. The van der Waals surface area contributed by atoms with Crippen molar-refractivity contribution in [1.82, 2.24) is 4.57 Å². The van der Waals surface area contributed by atoms with Crippen LogP contribution in [0.4, 0.5) is 0 Å². The average Bonchev–Trinajstić information content (AvgIpc) is 3.02. The van der Waals surface area contributed by atoms with E-state index in [2.05, 4.69) is 0 Å². The minimum absolute atomic E-state index is 0.157. The van der Waals surface area contributed by atoms with Gasteiger partial charge in [-0.25, -0.2) is 0 Å². The monoisotopic (exact) mass is 315 g/mol. The van der Waals surface area contributed by atoms with E-state index in [1.165, 1.54) is 11.5 Å². The highest BCUT2D eigenvalue weighted by Crippen LogP contribution is 2.33. The van der Waals surface area contributed by atoms with E-state index in [-0.39, 0.29) is 28.7 Å². The Morgan fingerprint density at radius 3 is 2.00 bits per heavy atom. The smallest absolute Gasteiger partial charge is 0.228 e. The number of benzene rings is 2. The summed E-state index contributed by atoms with van der Waals surface area (Å²) in [5.74, 6) is -0.814. The molecule has 0 radical (unpaired) electrons. The van der Waals surface area contributed by atoms with Crippen molar-refractivity contribution in [1.29, 1.82) is 0 Å². The molecule has 1 aromatic heterocycles. The number of ketones is 2. The number of aromatic nitrogens is 1. The summed E-state index contributed by atoms with van der Waals surface area (Å²) in [6.45, 7) is 1.39. The van der Waals surface area contributed by atoms with Gasteiger partial charge in [-0.1, -0.05) is 54.6 Å². The Hall–Kier alpha value is -3.27. The number of hydrogen-bond acceptors (Lipinski definition) is 3. The maximum atomic E-state index is 12.9. The summed E-state index contributed by atoms with van der Waals surface area (Å²) in [6.07, 6.45) is 0. The van der Waals surface area contributed by atoms with Crippen LogP contribution in [0.15, 0.2) is 60.7 Å². The van der Waals surface area contributed by atoms with E-state index >= 15 is 0 Å². The fourth-order valence-corrected chi connectivity index (χ4v) is 3.21. The normalized spacial score (nSPS) is 12.7. The molecule has 0 atom stereocenters. The highest BCUT2D eigenvalue weighted by molar-refractivity contribution is 6.29. The van der Waals surface area contributed by atoms with Crippen LogP contribution in [0.1, 0.15) is 43.7 Å². The Labute approximate surface area is 138 Å². The molecule has 4 rings (SSSR count). The van der Waals surface area contributed by atoms with Gasteiger partial charge in [0.2, 0.25) is 11.7 Å². The molecule has 0 amide bonds. The van der Waals surface area contributed by atoms with Crippen molar-refractivity contribution in [2.75, 3.05) is 0 Å². The fourth-order valence-electron chi connectivity index (χ4n) is 3.21. The Morgan fingerprint density at radius 1 is 0.792 bits per heavy atom. The van der Waals surface area contributed by atoms with Gasteiger partial charge in [0.05, 0.1) is 11.3 Å². The Bertz CT molecular complexity index is 1010. The van der Waals surface area contributed by atoms with Crippen molar-refractivity contribution in [3.8, 4) is 11.3 Å². The van der Waals surface area contributed by atoms with E-state index in [9.17, 15) is 14.4 Å². The van der Waals surface area contributed by atoms with Crippen LogP contribution in [-0.2, 0) is 0 Å². The van der Waals surface area contributed by atoms with Crippen molar-refractivity contribution < 1.29 is 14.4 Å². The lowest BCUT2D eigenvalue weighted by Crippen LogP contribution is -2.24. The molecule has 0 saturated carbocycles. The van der Waals surface area contributed by atoms with Crippen molar-refractivity contribution in [2.45, 2.75) is 6.92 Å². The first kappa shape index (κ1) is 14.3. The van der Waals surface area contributed by atoms with Gasteiger partial charge in [-0.05, 0) is 11.6 Å². The van der Waals surface area contributed by atoms with Gasteiger partial charge in [0, 0.05) is 18.1 Å².